The number of carbonyl (C=O) groups is 2. The summed E-state index contributed by atoms with van der Waals surface area (Å²) in [6.45, 7) is 10.8. The van der Waals surface area contributed by atoms with E-state index in [4.69, 9.17) is 4.74 Å². The quantitative estimate of drug-likeness (QED) is 0.167. The average molecular weight is 526 g/mol. The zero-order valence-corrected chi connectivity index (χ0v) is 23.7. The van der Waals surface area contributed by atoms with Crippen LogP contribution in [0.1, 0.15) is 87.2 Å². The number of hydrogen-bond donors (Lipinski definition) is 1. The number of hydrogen-bond acceptors (Lipinski definition) is 4. The number of anilines is 1. The number of nitrogens with zero attached hydrogens (tertiary/aromatic N) is 1. The van der Waals surface area contributed by atoms with Crippen LogP contribution in [0.15, 0.2) is 72.3 Å². The number of ether oxygens (including phenoxy) is 1. The van der Waals surface area contributed by atoms with Gasteiger partial charge in [0.1, 0.15) is 11.5 Å². The Morgan fingerprint density at radius 2 is 1.59 bits per heavy atom. The molecule has 204 valence electrons. The van der Waals surface area contributed by atoms with Gasteiger partial charge in [-0.15, -0.1) is 0 Å². The highest BCUT2D eigenvalue weighted by atomic mass is 16.5. The van der Waals surface area contributed by atoms with Crippen LogP contribution >= 0.6 is 0 Å². The zero-order valence-electron chi connectivity index (χ0n) is 23.7. The monoisotopic (exact) mass is 525 g/mol. The summed E-state index contributed by atoms with van der Waals surface area (Å²) in [4.78, 5) is 28.6. The summed E-state index contributed by atoms with van der Waals surface area (Å²) >= 11 is 0. The first-order valence-electron chi connectivity index (χ1n) is 14.1. The zero-order chi connectivity index (χ0) is 28.1. The third-order valence-electron chi connectivity index (χ3n) is 7.39. The molecule has 4 rings (SSSR count). The van der Waals surface area contributed by atoms with Crippen molar-refractivity contribution < 1.29 is 19.4 Å². The van der Waals surface area contributed by atoms with Gasteiger partial charge in [-0.25, -0.2) is 0 Å². The lowest BCUT2D eigenvalue weighted by atomic mass is 9.92. The summed E-state index contributed by atoms with van der Waals surface area (Å²) in [7, 11) is 0. The first-order valence-corrected chi connectivity index (χ1v) is 14.1. The van der Waals surface area contributed by atoms with Crippen molar-refractivity contribution in [3.05, 3.63) is 100 Å². The number of carbonyl (C=O) groups excluding carboxylic acids is 2. The van der Waals surface area contributed by atoms with Gasteiger partial charge in [0.05, 0.1) is 18.2 Å². The molecule has 0 spiro atoms. The number of benzene rings is 3. The van der Waals surface area contributed by atoms with Crippen LogP contribution in [0.4, 0.5) is 5.69 Å². The normalized spacial score (nSPS) is 16.8. The third-order valence-corrected chi connectivity index (χ3v) is 7.39. The summed E-state index contributed by atoms with van der Waals surface area (Å²) in [5, 5.41) is 11.6. The van der Waals surface area contributed by atoms with Crippen molar-refractivity contribution in [3.8, 4) is 5.75 Å². The molecule has 1 atom stereocenters. The molecule has 5 nitrogen and oxygen atoms in total. The van der Waals surface area contributed by atoms with Gasteiger partial charge < -0.3 is 9.84 Å². The predicted octanol–water partition coefficient (Wildman–Crippen LogP) is 7.74. The summed E-state index contributed by atoms with van der Waals surface area (Å²) in [5.41, 5.74) is 5.28. The minimum absolute atomic E-state index is 0.0955. The largest absolute Gasteiger partial charge is 0.507 e. The Hall–Kier alpha value is -3.86. The van der Waals surface area contributed by atoms with Gasteiger partial charge in [-0.1, -0.05) is 70.5 Å². The van der Waals surface area contributed by atoms with Gasteiger partial charge in [0.2, 0.25) is 0 Å². The molecule has 1 N–H and O–H groups in total. The summed E-state index contributed by atoms with van der Waals surface area (Å²) in [6, 6.07) is 20.4. The Balaban J connectivity index is 1.86. The van der Waals surface area contributed by atoms with Crippen LogP contribution in [-0.4, -0.2) is 23.4 Å². The lowest BCUT2D eigenvalue weighted by Gasteiger charge is -2.26. The highest BCUT2D eigenvalue weighted by molar-refractivity contribution is 6.51. The molecule has 1 aliphatic heterocycles. The van der Waals surface area contributed by atoms with Gasteiger partial charge in [-0.2, -0.15) is 0 Å². The SMILES string of the molecule is CCCCc1ccc(N2C(=O)C(=O)/C(=C(\O)c3ccc(OCC)c(C(C)C)c3)C2c2ccc(CC)cc2)cc1. The van der Waals surface area contributed by atoms with Crippen LogP contribution in [0, 0.1) is 0 Å². The molecule has 0 aliphatic carbocycles. The second-order valence-corrected chi connectivity index (χ2v) is 10.4. The number of aliphatic hydroxyl groups excluding tert-OH is 1. The smallest absolute Gasteiger partial charge is 0.300 e. The summed E-state index contributed by atoms with van der Waals surface area (Å²) in [5.74, 6) is -0.612. The number of rotatable bonds is 10. The van der Waals surface area contributed by atoms with Gasteiger partial charge >= 0.3 is 0 Å². The number of unbranched alkanes of at least 4 members (excludes halogenated alkanes) is 1. The van der Waals surface area contributed by atoms with Crippen LogP contribution < -0.4 is 9.64 Å². The molecule has 1 amide bonds. The Labute approximate surface area is 232 Å². The van der Waals surface area contributed by atoms with E-state index >= 15 is 0 Å². The van der Waals surface area contributed by atoms with Crippen LogP contribution in [0.25, 0.3) is 5.76 Å². The van der Waals surface area contributed by atoms with E-state index in [0.29, 0.717) is 17.9 Å². The first-order chi connectivity index (χ1) is 18.8. The lowest BCUT2D eigenvalue weighted by Crippen LogP contribution is -2.29. The maximum absolute atomic E-state index is 13.6. The minimum atomic E-state index is -0.744. The van der Waals surface area contributed by atoms with Gasteiger partial charge in [0.15, 0.2) is 0 Å². The molecule has 0 aromatic heterocycles. The van der Waals surface area contributed by atoms with Gasteiger partial charge in [0, 0.05) is 11.3 Å². The summed E-state index contributed by atoms with van der Waals surface area (Å²) in [6.07, 6.45) is 4.04. The molecule has 0 radical (unpaired) electrons. The van der Waals surface area contributed by atoms with Crippen molar-refractivity contribution in [1.29, 1.82) is 0 Å². The van der Waals surface area contributed by atoms with Crippen LogP contribution in [0.5, 0.6) is 5.75 Å². The molecule has 5 heteroatoms. The fourth-order valence-electron chi connectivity index (χ4n) is 5.14. The molecule has 1 heterocycles. The molecule has 3 aromatic rings. The molecule has 1 aliphatic rings. The number of ketones is 1. The molecule has 39 heavy (non-hydrogen) atoms. The summed E-state index contributed by atoms with van der Waals surface area (Å²) < 4.78 is 5.79. The minimum Gasteiger partial charge on any atom is -0.507 e. The molecular formula is C34H39NO4. The van der Waals surface area contributed by atoms with E-state index in [1.165, 1.54) is 10.5 Å². The maximum Gasteiger partial charge on any atom is 0.300 e. The van der Waals surface area contributed by atoms with E-state index in [9.17, 15) is 14.7 Å². The van der Waals surface area contributed by atoms with Gasteiger partial charge in [0.25, 0.3) is 11.7 Å². The van der Waals surface area contributed by atoms with Gasteiger partial charge in [-0.05, 0) is 84.7 Å². The second-order valence-electron chi connectivity index (χ2n) is 10.4. The molecule has 3 aromatic carbocycles. The standard InChI is InChI=1S/C34H39NO4/c1-6-9-10-24-13-18-27(19-14-24)35-31(25-15-11-23(7-2)12-16-25)30(33(37)34(35)38)32(36)26-17-20-29(39-8-3)28(21-26)22(4)5/h11-22,31,36H,6-10H2,1-5H3/b32-30-. The highest BCUT2D eigenvalue weighted by Gasteiger charge is 2.47. The van der Waals surface area contributed by atoms with E-state index in [1.54, 1.807) is 6.07 Å². The molecule has 0 bridgehead atoms. The van der Waals surface area contributed by atoms with Crippen molar-refractivity contribution in [2.45, 2.75) is 72.3 Å². The van der Waals surface area contributed by atoms with Crippen LogP contribution in [0.2, 0.25) is 0 Å². The van der Waals surface area contributed by atoms with Crippen molar-refractivity contribution >= 4 is 23.1 Å². The Morgan fingerprint density at radius 3 is 2.18 bits per heavy atom. The number of Topliss-reactive ketones (excluding diaryl/α,β-unsaturated/α-hetero) is 1. The molecular weight excluding hydrogens is 486 g/mol. The Kier molecular flexibility index (Phi) is 8.90. The number of aryl methyl sites for hydroxylation is 2. The van der Waals surface area contributed by atoms with E-state index < -0.39 is 17.7 Å². The fraction of sp³-hybridized carbons (Fsp3) is 0.353. The van der Waals surface area contributed by atoms with Crippen molar-refractivity contribution in [2.75, 3.05) is 11.5 Å². The maximum atomic E-state index is 13.6. The third kappa shape index (κ3) is 5.78. The molecule has 1 unspecified atom stereocenters. The van der Waals surface area contributed by atoms with E-state index in [2.05, 4.69) is 27.7 Å². The lowest BCUT2D eigenvalue weighted by molar-refractivity contribution is -0.132. The fourth-order valence-corrected chi connectivity index (χ4v) is 5.14. The molecule has 1 fully saturated rings. The Morgan fingerprint density at radius 1 is 0.923 bits per heavy atom. The topological polar surface area (TPSA) is 66.8 Å². The van der Waals surface area contributed by atoms with Crippen molar-refractivity contribution in [3.63, 3.8) is 0 Å². The Bertz CT molecular complexity index is 1350. The van der Waals surface area contributed by atoms with E-state index in [0.717, 1.165) is 48.1 Å². The van der Waals surface area contributed by atoms with Gasteiger partial charge in [-0.3, -0.25) is 14.5 Å². The number of amides is 1. The molecule has 0 saturated carbocycles. The predicted molar refractivity (Wildman–Crippen MR) is 157 cm³/mol. The highest BCUT2D eigenvalue weighted by Crippen LogP contribution is 2.43. The van der Waals surface area contributed by atoms with E-state index in [1.807, 2.05) is 67.6 Å². The average Bonchev–Trinajstić information content (AvgIpc) is 3.22. The number of aliphatic hydroxyl groups is 1. The van der Waals surface area contributed by atoms with Crippen LogP contribution in [-0.2, 0) is 22.4 Å². The first kappa shape index (κ1) is 28.2. The molecule has 1 saturated heterocycles. The van der Waals surface area contributed by atoms with Crippen LogP contribution in [0.3, 0.4) is 0 Å². The second kappa shape index (κ2) is 12.3. The van der Waals surface area contributed by atoms with E-state index in [-0.39, 0.29) is 17.3 Å². The van der Waals surface area contributed by atoms with Crippen molar-refractivity contribution in [1.82, 2.24) is 0 Å². The van der Waals surface area contributed by atoms with Crippen molar-refractivity contribution in [2.24, 2.45) is 0 Å².